The van der Waals surface area contributed by atoms with Crippen LogP contribution in [0.4, 0.5) is 4.39 Å². The third-order valence-electron chi connectivity index (χ3n) is 2.89. The van der Waals surface area contributed by atoms with Crippen molar-refractivity contribution >= 4 is 11.6 Å². The topological polar surface area (TPSA) is 18.5 Å². The first-order valence-electron chi connectivity index (χ1n) is 5.54. The van der Waals surface area contributed by atoms with E-state index < -0.39 is 0 Å². The van der Waals surface area contributed by atoms with Gasteiger partial charge in [0.15, 0.2) is 11.5 Å². The van der Waals surface area contributed by atoms with Gasteiger partial charge in [-0.25, -0.2) is 4.39 Å². The fourth-order valence-corrected chi connectivity index (χ4v) is 2.16. The molecule has 0 spiro atoms. The van der Waals surface area contributed by atoms with Crippen molar-refractivity contribution in [1.82, 2.24) is 0 Å². The molecule has 0 aromatic heterocycles. The smallest absolute Gasteiger partial charge is 0.231 e. The number of ether oxygens (including phenoxy) is 2. The largest absolute Gasteiger partial charge is 0.454 e. The van der Waals surface area contributed by atoms with Crippen LogP contribution in [-0.2, 0) is 0 Å². The summed E-state index contributed by atoms with van der Waals surface area (Å²) in [6.07, 6.45) is 5.47. The van der Waals surface area contributed by atoms with Gasteiger partial charge < -0.3 is 9.47 Å². The fourth-order valence-electron chi connectivity index (χ4n) is 1.99. The van der Waals surface area contributed by atoms with E-state index in [9.17, 15) is 4.39 Å². The summed E-state index contributed by atoms with van der Waals surface area (Å²) in [4.78, 5) is 0. The molecule has 2 aromatic carbocycles. The summed E-state index contributed by atoms with van der Waals surface area (Å²) in [6, 6.07) is 7.67. The highest BCUT2D eigenvalue weighted by molar-refractivity contribution is 6.30. The van der Waals surface area contributed by atoms with E-state index in [1.165, 1.54) is 18.2 Å². The van der Waals surface area contributed by atoms with Crippen molar-refractivity contribution in [1.29, 1.82) is 0 Å². The molecule has 3 rings (SSSR count). The van der Waals surface area contributed by atoms with Gasteiger partial charge in [0, 0.05) is 27.8 Å². The number of halogens is 2. The highest BCUT2D eigenvalue weighted by Gasteiger charge is 2.19. The fraction of sp³-hybridized carbons (Fsp3) is 0.0667. The second kappa shape index (κ2) is 4.49. The van der Waals surface area contributed by atoms with Gasteiger partial charge in [0.05, 0.1) is 0 Å². The van der Waals surface area contributed by atoms with E-state index in [4.69, 9.17) is 27.5 Å². The lowest BCUT2D eigenvalue weighted by Crippen LogP contribution is -1.92. The van der Waals surface area contributed by atoms with Crippen molar-refractivity contribution in [2.75, 3.05) is 6.79 Å². The van der Waals surface area contributed by atoms with Gasteiger partial charge in [0.2, 0.25) is 6.79 Å². The van der Waals surface area contributed by atoms with Crippen LogP contribution in [0.2, 0.25) is 5.02 Å². The average molecular weight is 275 g/mol. The summed E-state index contributed by atoms with van der Waals surface area (Å²) in [5.74, 6) is 3.25. The zero-order valence-electron chi connectivity index (χ0n) is 9.74. The molecule has 0 radical (unpaired) electrons. The minimum atomic E-state index is -0.389. The molecule has 94 valence electrons. The lowest BCUT2D eigenvalue weighted by Gasteiger charge is -2.08. The second-order valence-corrected chi connectivity index (χ2v) is 4.46. The SMILES string of the molecule is C#Cc1cc2c(cc1-c1cc(Cl)ccc1F)OCO2. The zero-order chi connectivity index (χ0) is 13.4. The van der Waals surface area contributed by atoms with Crippen LogP contribution in [-0.4, -0.2) is 6.79 Å². The van der Waals surface area contributed by atoms with Gasteiger partial charge in [-0.3, -0.25) is 0 Å². The average Bonchev–Trinajstić information content (AvgIpc) is 2.87. The quantitative estimate of drug-likeness (QED) is 0.735. The number of benzene rings is 2. The molecule has 0 aliphatic carbocycles. The minimum absolute atomic E-state index is 0.140. The van der Waals surface area contributed by atoms with Crippen molar-refractivity contribution in [2.24, 2.45) is 0 Å². The van der Waals surface area contributed by atoms with E-state index in [1.807, 2.05) is 0 Å². The lowest BCUT2D eigenvalue weighted by molar-refractivity contribution is 0.174. The molecular formula is C15H8ClFO2. The van der Waals surface area contributed by atoms with Gasteiger partial charge in [0.1, 0.15) is 5.82 Å². The monoisotopic (exact) mass is 274 g/mol. The summed E-state index contributed by atoms with van der Waals surface area (Å²) in [5.41, 5.74) is 1.44. The van der Waals surface area contributed by atoms with E-state index in [0.29, 0.717) is 33.2 Å². The molecule has 0 saturated carbocycles. The maximum Gasteiger partial charge on any atom is 0.231 e. The first kappa shape index (κ1) is 11.9. The standard InChI is InChI=1S/C15H8ClFO2/c1-2-9-5-14-15(19-8-18-14)7-11(9)12-6-10(16)3-4-13(12)17/h1,3-7H,8H2. The van der Waals surface area contributed by atoms with E-state index >= 15 is 0 Å². The number of fused-ring (bicyclic) bond motifs is 1. The van der Waals surface area contributed by atoms with Gasteiger partial charge >= 0.3 is 0 Å². The molecule has 1 heterocycles. The Balaban J connectivity index is 2.25. The molecule has 0 amide bonds. The van der Waals surface area contributed by atoms with Gasteiger partial charge in [-0.2, -0.15) is 0 Å². The van der Waals surface area contributed by atoms with Gasteiger partial charge in [-0.05, 0) is 24.3 Å². The van der Waals surface area contributed by atoms with E-state index in [2.05, 4.69) is 5.92 Å². The molecule has 2 aromatic rings. The number of hydrogen-bond donors (Lipinski definition) is 0. The maximum absolute atomic E-state index is 13.9. The first-order valence-corrected chi connectivity index (χ1v) is 5.92. The molecule has 19 heavy (non-hydrogen) atoms. The van der Waals surface area contributed by atoms with E-state index in [0.717, 1.165) is 0 Å². The van der Waals surface area contributed by atoms with Crippen LogP contribution in [0.1, 0.15) is 5.56 Å². The van der Waals surface area contributed by atoms with Gasteiger partial charge in [0.25, 0.3) is 0 Å². The van der Waals surface area contributed by atoms with E-state index in [1.54, 1.807) is 12.1 Å². The van der Waals surface area contributed by atoms with Crippen molar-refractivity contribution in [3.8, 4) is 35.0 Å². The Hall–Kier alpha value is -2.18. The third kappa shape index (κ3) is 2.00. The Morgan fingerprint density at radius 2 is 1.84 bits per heavy atom. The van der Waals surface area contributed by atoms with Crippen LogP contribution < -0.4 is 9.47 Å². The number of rotatable bonds is 1. The molecule has 0 unspecified atom stereocenters. The zero-order valence-corrected chi connectivity index (χ0v) is 10.5. The van der Waals surface area contributed by atoms with Gasteiger partial charge in [-0.15, -0.1) is 6.42 Å². The van der Waals surface area contributed by atoms with Crippen LogP contribution in [0.3, 0.4) is 0 Å². The van der Waals surface area contributed by atoms with E-state index in [-0.39, 0.29) is 12.6 Å². The molecule has 4 heteroatoms. The second-order valence-electron chi connectivity index (χ2n) is 4.02. The Morgan fingerprint density at radius 3 is 2.58 bits per heavy atom. The van der Waals surface area contributed by atoms with Crippen molar-refractivity contribution in [2.45, 2.75) is 0 Å². The molecule has 0 atom stereocenters. The number of terminal acetylenes is 1. The Bertz CT molecular complexity index is 704. The van der Waals surface area contributed by atoms with Crippen molar-refractivity contribution < 1.29 is 13.9 Å². The predicted molar refractivity (Wildman–Crippen MR) is 70.9 cm³/mol. The van der Waals surface area contributed by atoms with Crippen molar-refractivity contribution in [3.05, 3.63) is 46.7 Å². The van der Waals surface area contributed by atoms with Crippen LogP contribution >= 0.6 is 11.6 Å². The van der Waals surface area contributed by atoms with Crippen LogP contribution in [0, 0.1) is 18.2 Å². The first-order chi connectivity index (χ1) is 9.19. The highest BCUT2D eigenvalue weighted by atomic mass is 35.5. The molecule has 0 fully saturated rings. The molecule has 0 bridgehead atoms. The van der Waals surface area contributed by atoms with Gasteiger partial charge in [-0.1, -0.05) is 17.5 Å². The Kier molecular flexibility index (Phi) is 2.81. The molecule has 2 nitrogen and oxygen atoms in total. The van der Waals surface area contributed by atoms with Crippen LogP contribution in [0.15, 0.2) is 30.3 Å². The number of hydrogen-bond acceptors (Lipinski definition) is 2. The minimum Gasteiger partial charge on any atom is -0.454 e. The normalized spacial score (nSPS) is 12.3. The predicted octanol–water partition coefficient (Wildman–Crippen LogP) is 3.86. The third-order valence-corrected chi connectivity index (χ3v) is 3.12. The van der Waals surface area contributed by atoms with Crippen molar-refractivity contribution in [3.63, 3.8) is 0 Å². The molecule has 1 aliphatic heterocycles. The highest BCUT2D eigenvalue weighted by Crippen LogP contribution is 2.39. The summed E-state index contributed by atoms with van der Waals surface area (Å²) >= 11 is 5.91. The van der Waals surface area contributed by atoms with Crippen LogP contribution in [0.5, 0.6) is 11.5 Å². The lowest BCUT2D eigenvalue weighted by atomic mass is 9.99. The molecule has 1 aliphatic rings. The van der Waals surface area contributed by atoms with Crippen LogP contribution in [0.25, 0.3) is 11.1 Å². The summed E-state index contributed by atoms with van der Waals surface area (Å²) in [5, 5.41) is 0.442. The molecule has 0 N–H and O–H groups in total. The Morgan fingerprint density at radius 1 is 1.11 bits per heavy atom. The summed E-state index contributed by atoms with van der Waals surface area (Å²) in [7, 11) is 0. The molecule has 0 saturated heterocycles. The Labute approximate surface area is 114 Å². The maximum atomic E-state index is 13.9. The summed E-state index contributed by atoms with van der Waals surface area (Å²) < 4.78 is 24.5. The molecular weight excluding hydrogens is 267 g/mol. The summed E-state index contributed by atoms with van der Waals surface area (Å²) in [6.45, 7) is 0.140.